The number of rotatable bonds is 5. The Hall–Kier alpha value is -3.48. The van der Waals surface area contributed by atoms with Gasteiger partial charge < -0.3 is 24.1 Å². The minimum absolute atomic E-state index is 0.134. The second-order valence-electron chi connectivity index (χ2n) is 6.76. The number of carbonyl (C=O) groups excluding carboxylic acids is 1. The van der Waals surface area contributed by atoms with Crippen molar-refractivity contribution < 1.29 is 18.7 Å². The highest BCUT2D eigenvalue weighted by molar-refractivity contribution is 5.92. The van der Waals surface area contributed by atoms with Crippen LogP contribution in [0.2, 0.25) is 0 Å². The van der Waals surface area contributed by atoms with E-state index in [1.54, 1.807) is 6.92 Å². The molecule has 1 amide bonds. The smallest absolute Gasteiger partial charge is 0.231 e. The summed E-state index contributed by atoms with van der Waals surface area (Å²) in [6.07, 6.45) is 0.134. The third kappa shape index (κ3) is 3.64. The van der Waals surface area contributed by atoms with Crippen molar-refractivity contribution in [3.8, 4) is 23.0 Å². The Labute approximate surface area is 162 Å². The molecular formula is C21H21N3O4. The highest BCUT2D eigenvalue weighted by atomic mass is 16.7. The van der Waals surface area contributed by atoms with Crippen LogP contribution in [0.3, 0.4) is 0 Å². The zero-order valence-electron chi connectivity index (χ0n) is 16.0. The van der Waals surface area contributed by atoms with Crippen LogP contribution in [0, 0.1) is 6.92 Å². The fourth-order valence-electron chi connectivity index (χ4n) is 2.95. The molecule has 2 heterocycles. The van der Waals surface area contributed by atoms with E-state index in [1.807, 2.05) is 61.5 Å². The number of hydrogen-bond acceptors (Lipinski definition) is 6. The van der Waals surface area contributed by atoms with Crippen molar-refractivity contribution in [1.82, 2.24) is 4.98 Å². The molecule has 0 atom stereocenters. The maximum absolute atomic E-state index is 12.4. The summed E-state index contributed by atoms with van der Waals surface area (Å²) < 4.78 is 16.5. The summed E-state index contributed by atoms with van der Waals surface area (Å²) in [5, 5.41) is 2.89. The van der Waals surface area contributed by atoms with Gasteiger partial charge in [-0.05, 0) is 49.4 Å². The fraction of sp³-hybridized carbons (Fsp3) is 0.238. The topological polar surface area (TPSA) is 76.8 Å². The van der Waals surface area contributed by atoms with Crippen LogP contribution in [-0.4, -0.2) is 31.8 Å². The van der Waals surface area contributed by atoms with Gasteiger partial charge in [-0.2, -0.15) is 0 Å². The van der Waals surface area contributed by atoms with E-state index in [-0.39, 0.29) is 19.1 Å². The number of nitrogens with one attached hydrogen (secondary N) is 1. The Bertz CT molecular complexity index is 1010. The van der Waals surface area contributed by atoms with Crippen molar-refractivity contribution >= 4 is 17.3 Å². The number of ether oxygens (including phenoxy) is 2. The second-order valence-corrected chi connectivity index (χ2v) is 6.76. The quantitative estimate of drug-likeness (QED) is 0.730. The minimum Gasteiger partial charge on any atom is -0.454 e. The number of oxazole rings is 1. The maximum Gasteiger partial charge on any atom is 0.231 e. The molecule has 0 aliphatic carbocycles. The van der Waals surface area contributed by atoms with Crippen LogP contribution < -0.4 is 19.7 Å². The molecule has 1 N–H and O–H groups in total. The molecule has 4 rings (SSSR count). The standard InChI is InChI=1S/C21H21N3O4/c1-13-17(11-20(25)22-15-5-7-16(8-6-15)24(2)3)23-21(28-13)14-4-9-18-19(10-14)27-12-26-18/h4-10H,11-12H2,1-3H3,(H,22,25). The summed E-state index contributed by atoms with van der Waals surface area (Å²) in [6, 6.07) is 13.2. The van der Waals surface area contributed by atoms with Gasteiger partial charge in [0.05, 0.1) is 12.1 Å². The molecule has 3 aromatic rings. The van der Waals surface area contributed by atoms with Crippen LogP contribution >= 0.6 is 0 Å². The van der Waals surface area contributed by atoms with Crippen LogP contribution in [0.4, 0.5) is 11.4 Å². The maximum atomic E-state index is 12.4. The lowest BCUT2D eigenvalue weighted by atomic mass is 10.2. The van der Waals surface area contributed by atoms with Gasteiger partial charge in [-0.25, -0.2) is 4.98 Å². The predicted octanol–water partition coefficient (Wildman–Crippen LogP) is 3.63. The molecule has 0 saturated heterocycles. The van der Waals surface area contributed by atoms with Gasteiger partial charge in [-0.15, -0.1) is 0 Å². The number of anilines is 2. The summed E-state index contributed by atoms with van der Waals surface area (Å²) >= 11 is 0. The van der Waals surface area contributed by atoms with Gasteiger partial charge in [0.2, 0.25) is 18.6 Å². The lowest BCUT2D eigenvalue weighted by molar-refractivity contribution is -0.115. The van der Waals surface area contributed by atoms with Gasteiger partial charge in [0, 0.05) is 31.0 Å². The second kappa shape index (κ2) is 7.26. The number of carbonyl (C=O) groups is 1. The average molecular weight is 379 g/mol. The van der Waals surface area contributed by atoms with Crippen molar-refractivity contribution in [2.45, 2.75) is 13.3 Å². The first-order valence-corrected chi connectivity index (χ1v) is 8.93. The Kier molecular flexibility index (Phi) is 4.65. The Morgan fingerprint density at radius 3 is 2.61 bits per heavy atom. The first kappa shape index (κ1) is 17.9. The predicted molar refractivity (Wildman–Crippen MR) is 106 cm³/mol. The van der Waals surface area contributed by atoms with Gasteiger partial charge >= 0.3 is 0 Å². The third-order valence-corrected chi connectivity index (χ3v) is 4.51. The van der Waals surface area contributed by atoms with Crippen molar-refractivity contribution in [1.29, 1.82) is 0 Å². The van der Waals surface area contributed by atoms with Crippen LogP contribution in [0.5, 0.6) is 11.5 Å². The number of hydrogen-bond donors (Lipinski definition) is 1. The number of benzene rings is 2. The Morgan fingerprint density at radius 1 is 1.11 bits per heavy atom. The molecule has 1 aliphatic heterocycles. The van der Waals surface area contributed by atoms with E-state index >= 15 is 0 Å². The van der Waals surface area contributed by atoms with E-state index in [4.69, 9.17) is 13.9 Å². The molecule has 0 spiro atoms. The molecular weight excluding hydrogens is 358 g/mol. The number of fused-ring (bicyclic) bond motifs is 1. The van der Waals surface area contributed by atoms with E-state index in [0.717, 1.165) is 16.9 Å². The lowest BCUT2D eigenvalue weighted by Gasteiger charge is -2.12. The Balaban J connectivity index is 1.45. The van der Waals surface area contributed by atoms with E-state index in [1.165, 1.54) is 0 Å². The van der Waals surface area contributed by atoms with E-state index < -0.39 is 0 Å². The van der Waals surface area contributed by atoms with Crippen LogP contribution in [0.1, 0.15) is 11.5 Å². The summed E-state index contributed by atoms with van der Waals surface area (Å²) in [5.74, 6) is 2.28. The van der Waals surface area contributed by atoms with Crippen molar-refractivity contribution in [2.24, 2.45) is 0 Å². The van der Waals surface area contributed by atoms with Crippen LogP contribution in [0.15, 0.2) is 46.9 Å². The lowest BCUT2D eigenvalue weighted by Crippen LogP contribution is -2.15. The number of nitrogens with zero attached hydrogens (tertiary/aromatic N) is 2. The molecule has 0 fully saturated rings. The van der Waals surface area contributed by atoms with Gasteiger partial charge in [0.25, 0.3) is 0 Å². The number of aromatic nitrogens is 1. The van der Waals surface area contributed by atoms with Crippen LogP contribution in [-0.2, 0) is 11.2 Å². The average Bonchev–Trinajstić information content (AvgIpc) is 3.28. The largest absolute Gasteiger partial charge is 0.454 e. The molecule has 1 aliphatic rings. The van der Waals surface area contributed by atoms with Crippen LogP contribution in [0.25, 0.3) is 11.5 Å². The highest BCUT2D eigenvalue weighted by Crippen LogP contribution is 2.36. The summed E-state index contributed by atoms with van der Waals surface area (Å²) in [4.78, 5) is 18.9. The summed E-state index contributed by atoms with van der Waals surface area (Å²) in [6.45, 7) is 2.02. The van der Waals surface area contributed by atoms with Gasteiger partial charge in [-0.3, -0.25) is 4.79 Å². The van der Waals surface area contributed by atoms with Crippen molar-refractivity contribution in [3.63, 3.8) is 0 Å². The Morgan fingerprint density at radius 2 is 1.86 bits per heavy atom. The van der Waals surface area contributed by atoms with E-state index in [9.17, 15) is 4.79 Å². The molecule has 1 aromatic heterocycles. The summed E-state index contributed by atoms with van der Waals surface area (Å²) in [7, 11) is 3.94. The minimum atomic E-state index is -0.147. The zero-order chi connectivity index (χ0) is 19.7. The van der Waals surface area contributed by atoms with Crippen molar-refractivity contribution in [2.75, 3.05) is 31.1 Å². The van der Waals surface area contributed by atoms with Crippen molar-refractivity contribution in [3.05, 3.63) is 53.9 Å². The van der Waals surface area contributed by atoms with E-state index in [0.29, 0.717) is 28.8 Å². The highest BCUT2D eigenvalue weighted by Gasteiger charge is 2.18. The number of amides is 1. The normalized spacial score (nSPS) is 12.1. The van der Waals surface area contributed by atoms with Gasteiger partial charge in [-0.1, -0.05) is 0 Å². The molecule has 7 nitrogen and oxygen atoms in total. The molecule has 144 valence electrons. The number of aryl methyl sites for hydroxylation is 1. The monoisotopic (exact) mass is 379 g/mol. The third-order valence-electron chi connectivity index (χ3n) is 4.51. The zero-order valence-corrected chi connectivity index (χ0v) is 16.0. The molecule has 0 bridgehead atoms. The first-order valence-electron chi connectivity index (χ1n) is 8.93. The molecule has 28 heavy (non-hydrogen) atoms. The fourth-order valence-corrected chi connectivity index (χ4v) is 2.95. The first-order chi connectivity index (χ1) is 13.5. The SMILES string of the molecule is Cc1oc(-c2ccc3c(c2)OCO3)nc1CC(=O)Nc1ccc(N(C)C)cc1. The molecule has 2 aromatic carbocycles. The molecule has 0 saturated carbocycles. The molecule has 7 heteroatoms. The molecule has 0 radical (unpaired) electrons. The van der Waals surface area contributed by atoms with Gasteiger partial charge in [0.15, 0.2) is 11.5 Å². The van der Waals surface area contributed by atoms with Gasteiger partial charge in [0.1, 0.15) is 5.76 Å². The summed E-state index contributed by atoms with van der Waals surface area (Å²) in [5.41, 5.74) is 3.19. The molecule has 0 unspecified atom stereocenters. The van der Waals surface area contributed by atoms with E-state index in [2.05, 4.69) is 10.3 Å².